The van der Waals surface area contributed by atoms with Crippen molar-refractivity contribution in [3.8, 4) is 44.8 Å². The monoisotopic (exact) mass is 1170 g/mol. The number of hydrogen-bond acceptors (Lipinski definition) is 11. The van der Waals surface area contributed by atoms with Gasteiger partial charge in [0.1, 0.15) is 23.7 Å². The van der Waals surface area contributed by atoms with E-state index in [4.69, 9.17) is 0 Å². The van der Waals surface area contributed by atoms with E-state index >= 15 is 0 Å². The number of hydrogen-bond donors (Lipinski definition) is 6. The van der Waals surface area contributed by atoms with Crippen LogP contribution in [0.4, 0.5) is 20.2 Å². The second-order valence-corrected chi connectivity index (χ2v) is 20.7. The van der Waals surface area contributed by atoms with Crippen molar-refractivity contribution in [2.75, 3.05) is 10.6 Å². The fourth-order valence-electron chi connectivity index (χ4n) is 10.3. The fourth-order valence-corrected chi connectivity index (χ4v) is 10.3. The largest absolute Gasteiger partial charge is 2.00 e. The molecule has 0 saturated carbocycles. The normalized spacial score (nSPS) is 12.5. The van der Waals surface area contributed by atoms with E-state index in [0.717, 1.165) is 16.8 Å². The van der Waals surface area contributed by atoms with Gasteiger partial charge in [-0.25, -0.2) is 8.78 Å². The summed E-state index contributed by atoms with van der Waals surface area (Å²) in [5, 5.41) is 69.0. The zero-order valence-corrected chi connectivity index (χ0v) is 49.3. The first-order valence-electron chi connectivity index (χ1n) is 27.3. The molecular formula is C66H66CaF2N4O11. The number of nitrogens with one attached hydrogen (secondary N) is 2. The molecule has 6 N–H and O–H groups in total. The first-order valence-corrected chi connectivity index (χ1v) is 27.3. The van der Waals surface area contributed by atoms with Crippen molar-refractivity contribution >= 4 is 78.6 Å². The first-order chi connectivity index (χ1) is 39.7. The topological polar surface area (TPSA) is 246 Å². The summed E-state index contributed by atoms with van der Waals surface area (Å²) in [6.45, 7) is 8.24. The van der Waals surface area contributed by atoms with Crippen molar-refractivity contribution in [3.05, 3.63) is 204 Å². The molecule has 8 aromatic rings. The number of aliphatic carboxylic acids is 2. The summed E-state index contributed by atoms with van der Waals surface area (Å²) in [5.74, 6) is -6.68. The summed E-state index contributed by atoms with van der Waals surface area (Å²) in [6, 6.07) is 49.0. The number of amides is 2. The molecule has 2 aromatic heterocycles. The molecule has 6 aromatic carbocycles. The Bertz CT molecular complexity index is 3490. The third-order valence-corrected chi connectivity index (χ3v) is 13.9. The van der Waals surface area contributed by atoms with Crippen LogP contribution in [-0.2, 0) is 27.5 Å². The number of carbonyl (C=O) groups is 5. The van der Waals surface area contributed by atoms with Crippen LogP contribution >= 0.6 is 0 Å². The molecule has 0 aliphatic heterocycles. The summed E-state index contributed by atoms with van der Waals surface area (Å²) in [7, 11) is 0. The smallest absolute Gasteiger partial charge is 0.550 e. The van der Waals surface area contributed by atoms with Crippen molar-refractivity contribution in [2.45, 2.75) is 109 Å². The van der Waals surface area contributed by atoms with Gasteiger partial charge < -0.3 is 60.0 Å². The molecule has 84 heavy (non-hydrogen) atoms. The van der Waals surface area contributed by atoms with Crippen LogP contribution in [0.5, 0.6) is 0 Å². The molecule has 2 heterocycles. The van der Waals surface area contributed by atoms with Crippen LogP contribution in [0.2, 0.25) is 0 Å². The van der Waals surface area contributed by atoms with Gasteiger partial charge in [-0.15, -0.1) is 0 Å². The van der Waals surface area contributed by atoms with E-state index in [1.807, 2.05) is 134 Å². The number of anilines is 2. The van der Waals surface area contributed by atoms with Gasteiger partial charge in [-0.2, -0.15) is 0 Å². The minimum Gasteiger partial charge on any atom is -0.550 e. The molecule has 0 fully saturated rings. The van der Waals surface area contributed by atoms with E-state index in [1.54, 1.807) is 48.5 Å². The number of halogens is 2. The van der Waals surface area contributed by atoms with Crippen molar-refractivity contribution < 1.29 is 63.4 Å². The summed E-state index contributed by atoms with van der Waals surface area (Å²) in [5.41, 5.74) is 9.05. The molecule has 432 valence electrons. The van der Waals surface area contributed by atoms with E-state index in [-0.39, 0.29) is 93.7 Å². The fraction of sp³-hybridized carbons (Fsp3) is 0.258. The Morgan fingerprint density at radius 2 is 0.821 bits per heavy atom. The minimum absolute atomic E-state index is 0. The molecule has 0 aliphatic rings. The maximum atomic E-state index is 14.0. The molecule has 0 bridgehead atoms. The quantitative estimate of drug-likeness (QED) is 0.0247. The van der Waals surface area contributed by atoms with E-state index in [2.05, 4.69) is 10.6 Å². The number of nitrogens with zero attached hydrogens (tertiary/aromatic N) is 2. The van der Waals surface area contributed by atoms with E-state index in [1.165, 1.54) is 24.3 Å². The Hall–Kier alpha value is -7.61. The standard InChI is InChI=1S/C33H33FN2O6.C33H35FN2O5.Ca/c1-20(2)29-28(32(40)35-24-11-7-4-8-12-24)27(21-9-5-3-6-10-21)30(22-13-15-23(34)16-14-22)36(29)18-17-25(37)19-26(38)31(39)33(41)42;1-21(2)31-30(33(41)35-25-11-7-4-8-12-25)29(22-9-5-3-6-10-22)32(23-13-15-24(34)16-14-23)36(31)18-17-26(37)19-27(38)20-28(39)40;/h3-16,20,25-26,37-38H,17-19H2,1-2H3,(H,35,40)(H,41,42);3-16,21,26-27,37-38H,17-20H2,1-2H3,(H,35,41)(H,39,40);/q;;+2/p-2/t25-,26-;26-,27-;/m11./s1. The van der Waals surface area contributed by atoms with Crippen molar-refractivity contribution in [2.24, 2.45) is 0 Å². The number of carboxylic acid groups (broad SMARTS) is 2. The molecule has 18 heteroatoms. The summed E-state index contributed by atoms with van der Waals surface area (Å²) >= 11 is 0. The second kappa shape index (κ2) is 30.8. The van der Waals surface area contributed by atoms with Gasteiger partial charge in [0, 0.05) is 65.8 Å². The average molecular weight is 1170 g/mol. The van der Waals surface area contributed by atoms with Crippen LogP contribution in [-0.4, -0.2) is 121 Å². The Morgan fingerprint density at radius 3 is 1.15 bits per heavy atom. The first kappa shape index (κ1) is 65.5. The molecule has 0 saturated heterocycles. The summed E-state index contributed by atoms with van der Waals surface area (Å²) < 4.78 is 31.9. The molecule has 0 unspecified atom stereocenters. The third kappa shape index (κ3) is 16.8. The number of Topliss-reactive ketones (excluding diaryl/α,β-unsaturated/α-hetero) is 1. The van der Waals surface area contributed by atoms with Gasteiger partial charge in [-0.3, -0.25) is 14.4 Å². The number of aliphatic hydroxyl groups excluding tert-OH is 4. The molecule has 15 nitrogen and oxygen atoms in total. The number of carbonyl (C=O) groups excluding carboxylic acids is 5. The van der Waals surface area contributed by atoms with Gasteiger partial charge in [0.05, 0.1) is 40.8 Å². The predicted molar refractivity (Wildman–Crippen MR) is 315 cm³/mol. The average Bonchev–Trinajstić information content (AvgIpc) is 1.81. The van der Waals surface area contributed by atoms with Gasteiger partial charge in [-0.05, 0) is 126 Å². The SMILES string of the molecule is CC(C)c1c(C(=O)Nc2ccccc2)c(-c2ccccc2)c(-c2ccc(F)cc2)n1CC[C@@H](O)C[C@@H](O)C(=O)C(=O)[O-].CC(C)c1c(C(=O)Nc2ccccc2)c(-c2ccccc2)c(-c2ccc(F)cc2)n1CC[C@@H](O)C[C@@H](O)CC(=O)[O-].[Ca+2]. The molecule has 4 atom stereocenters. The molecule has 8 rings (SSSR count). The van der Waals surface area contributed by atoms with Gasteiger partial charge in [0.15, 0.2) is 0 Å². The van der Waals surface area contributed by atoms with E-state index < -0.39 is 66.6 Å². The number of rotatable bonds is 24. The van der Waals surface area contributed by atoms with Crippen LogP contribution in [0.1, 0.15) is 104 Å². The molecule has 0 spiro atoms. The predicted octanol–water partition coefficient (Wildman–Crippen LogP) is 8.76. The van der Waals surface area contributed by atoms with Gasteiger partial charge in [-0.1, -0.05) is 125 Å². The molecule has 2 amide bonds. The van der Waals surface area contributed by atoms with Crippen LogP contribution in [0.3, 0.4) is 0 Å². The summed E-state index contributed by atoms with van der Waals surface area (Å²) in [4.78, 5) is 61.4. The van der Waals surface area contributed by atoms with Crippen molar-refractivity contribution in [1.82, 2.24) is 9.13 Å². The van der Waals surface area contributed by atoms with Crippen LogP contribution in [0.25, 0.3) is 44.8 Å². The Morgan fingerprint density at radius 1 is 0.476 bits per heavy atom. The van der Waals surface area contributed by atoms with Crippen LogP contribution in [0, 0.1) is 11.6 Å². The number of aliphatic hydroxyl groups is 4. The van der Waals surface area contributed by atoms with Crippen LogP contribution in [0.15, 0.2) is 170 Å². The van der Waals surface area contributed by atoms with Gasteiger partial charge >= 0.3 is 37.7 Å². The molecule has 0 radical (unpaired) electrons. The molecule has 0 aliphatic carbocycles. The second-order valence-electron chi connectivity index (χ2n) is 20.7. The Kier molecular flexibility index (Phi) is 24.0. The van der Waals surface area contributed by atoms with Crippen LogP contribution < -0.4 is 20.8 Å². The zero-order chi connectivity index (χ0) is 59.9. The number of benzene rings is 6. The number of para-hydroxylation sites is 2. The Labute approximate surface area is 516 Å². The van der Waals surface area contributed by atoms with Crippen molar-refractivity contribution in [1.29, 1.82) is 0 Å². The molecular weight excluding hydrogens is 1100 g/mol. The van der Waals surface area contributed by atoms with E-state index in [9.17, 15) is 63.4 Å². The van der Waals surface area contributed by atoms with Gasteiger partial charge in [0.25, 0.3) is 11.8 Å². The van der Waals surface area contributed by atoms with E-state index in [0.29, 0.717) is 61.8 Å². The van der Waals surface area contributed by atoms with Gasteiger partial charge in [0.2, 0.25) is 5.78 Å². The summed E-state index contributed by atoms with van der Waals surface area (Å²) in [6.07, 6.45) is -6.40. The number of carboxylic acids is 2. The zero-order valence-electron chi connectivity index (χ0n) is 47.1. The maximum Gasteiger partial charge on any atom is 2.00 e. The van der Waals surface area contributed by atoms with Crippen molar-refractivity contribution in [3.63, 3.8) is 0 Å². The number of ketones is 1. The minimum atomic E-state index is -2.03. The number of aromatic nitrogens is 2. The Balaban J connectivity index is 0.000000266. The third-order valence-electron chi connectivity index (χ3n) is 13.9. The maximum absolute atomic E-state index is 14.0.